The van der Waals surface area contributed by atoms with Gasteiger partial charge < -0.3 is 9.47 Å². The highest BCUT2D eigenvalue weighted by atomic mass is 16.6. The smallest absolute Gasteiger partial charge is 0.0936 e. The molecule has 2 rings (SSSR count). The highest BCUT2D eigenvalue weighted by molar-refractivity contribution is 4.79. The van der Waals surface area contributed by atoms with E-state index >= 15 is 0 Å². The van der Waals surface area contributed by atoms with Crippen LogP contribution in [0.1, 0.15) is 12.8 Å². The van der Waals surface area contributed by atoms with Crippen LogP contribution in [0, 0.1) is 0 Å². The molecule has 2 aliphatic rings. The van der Waals surface area contributed by atoms with E-state index in [0.717, 1.165) is 19.7 Å². The Balaban J connectivity index is 1.73. The van der Waals surface area contributed by atoms with E-state index in [1.807, 2.05) is 7.11 Å². The van der Waals surface area contributed by atoms with Crippen molar-refractivity contribution in [1.29, 1.82) is 0 Å². The van der Waals surface area contributed by atoms with Crippen molar-refractivity contribution in [2.24, 2.45) is 0 Å². The lowest BCUT2D eigenvalue weighted by Gasteiger charge is -2.31. The molecule has 12 heavy (non-hydrogen) atoms. The Morgan fingerprint density at radius 1 is 1.58 bits per heavy atom. The van der Waals surface area contributed by atoms with Gasteiger partial charge in [0.15, 0.2) is 0 Å². The summed E-state index contributed by atoms with van der Waals surface area (Å²) in [6.45, 7) is 4.39. The third-order valence-electron chi connectivity index (χ3n) is 2.66. The summed E-state index contributed by atoms with van der Waals surface area (Å²) < 4.78 is 10.5. The van der Waals surface area contributed by atoms with Gasteiger partial charge in [-0.3, -0.25) is 4.90 Å². The quantitative estimate of drug-likeness (QED) is 0.578. The van der Waals surface area contributed by atoms with Crippen molar-refractivity contribution in [2.75, 3.05) is 33.4 Å². The number of hydrogen-bond acceptors (Lipinski definition) is 3. The first-order valence-electron chi connectivity index (χ1n) is 4.75. The van der Waals surface area contributed by atoms with Gasteiger partial charge >= 0.3 is 0 Å². The standard InChI is InChI=1S/C9H17NO2/c1-11-8-3-2-4-10(5-8)6-9-7-12-9/h8-9H,2-7H2,1H3/t8?,9-/m0/s1. The highest BCUT2D eigenvalue weighted by Gasteiger charge is 2.28. The van der Waals surface area contributed by atoms with Gasteiger partial charge in [-0.15, -0.1) is 0 Å². The maximum Gasteiger partial charge on any atom is 0.0936 e. The molecule has 0 aromatic carbocycles. The van der Waals surface area contributed by atoms with Crippen LogP contribution in [0.3, 0.4) is 0 Å². The summed E-state index contributed by atoms with van der Waals surface area (Å²) in [6, 6.07) is 0. The second-order valence-electron chi connectivity index (χ2n) is 3.71. The molecule has 2 heterocycles. The molecule has 3 nitrogen and oxygen atoms in total. The van der Waals surface area contributed by atoms with Crippen LogP contribution in [0.4, 0.5) is 0 Å². The molecular weight excluding hydrogens is 154 g/mol. The zero-order valence-corrected chi connectivity index (χ0v) is 7.66. The highest BCUT2D eigenvalue weighted by Crippen LogP contribution is 2.16. The fourth-order valence-electron chi connectivity index (χ4n) is 1.83. The van der Waals surface area contributed by atoms with Crippen LogP contribution in [-0.2, 0) is 9.47 Å². The lowest BCUT2D eigenvalue weighted by Crippen LogP contribution is -2.41. The topological polar surface area (TPSA) is 25.0 Å². The van der Waals surface area contributed by atoms with Gasteiger partial charge in [0, 0.05) is 20.2 Å². The zero-order valence-electron chi connectivity index (χ0n) is 7.66. The molecule has 0 aromatic heterocycles. The Hall–Kier alpha value is -0.120. The fraction of sp³-hybridized carbons (Fsp3) is 1.00. The van der Waals surface area contributed by atoms with E-state index in [1.54, 1.807) is 0 Å². The van der Waals surface area contributed by atoms with Crippen LogP contribution < -0.4 is 0 Å². The summed E-state index contributed by atoms with van der Waals surface area (Å²) in [6.07, 6.45) is 3.47. The van der Waals surface area contributed by atoms with Gasteiger partial charge in [-0.2, -0.15) is 0 Å². The van der Waals surface area contributed by atoms with Crippen molar-refractivity contribution in [1.82, 2.24) is 4.90 Å². The number of likely N-dealkylation sites (tertiary alicyclic amines) is 1. The average Bonchev–Trinajstić information content (AvgIpc) is 2.89. The van der Waals surface area contributed by atoms with Gasteiger partial charge in [0.1, 0.15) is 0 Å². The molecule has 1 unspecified atom stereocenters. The lowest BCUT2D eigenvalue weighted by molar-refractivity contribution is 0.0292. The van der Waals surface area contributed by atoms with Gasteiger partial charge in [-0.1, -0.05) is 0 Å². The molecule has 0 amide bonds. The summed E-state index contributed by atoms with van der Waals surface area (Å²) in [5, 5.41) is 0. The van der Waals surface area contributed by atoms with Gasteiger partial charge in [-0.05, 0) is 19.4 Å². The van der Waals surface area contributed by atoms with E-state index in [2.05, 4.69) is 4.90 Å². The Morgan fingerprint density at radius 3 is 3.08 bits per heavy atom. The van der Waals surface area contributed by atoms with Crippen molar-refractivity contribution in [3.05, 3.63) is 0 Å². The molecule has 2 fully saturated rings. The molecule has 70 valence electrons. The minimum absolute atomic E-state index is 0.456. The average molecular weight is 171 g/mol. The van der Waals surface area contributed by atoms with Crippen LogP contribution in [0.15, 0.2) is 0 Å². The van der Waals surface area contributed by atoms with E-state index in [9.17, 15) is 0 Å². The molecule has 0 N–H and O–H groups in total. The van der Waals surface area contributed by atoms with E-state index in [0.29, 0.717) is 12.2 Å². The van der Waals surface area contributed by atoms with Gasteiger partial charge in [0.2, 0.25) is 0 Å². The van der Waals surface area contributed by atoms with Crippen LogP contribution in [0.5, 0.6) is 0 Å². The Morgan fingerprint density at radius 2 is 2.42 bits per heavy atom. The number of methoxy groups -OCH3 is 1. The maximum atomic E-state index is 5.34. The molecule has 0 aliphatic carbocycles. The Kier molecular flexibility index (Phi) is 2.63. The molecule has 2 aliphatic heterocycles. The van der Waals surface area contributed by atoms with Gasteiger partial charge in [-0.25, -0.2) is 0 Å². The van der Waals surface area contributed by atoms with Crippen molar-refractivity contribution < 1.29 is 9.47 Å². The predicted molar refractivity (Wildman–Crippen MR) is 46.2 cm³/mol. The second kappa shape index (κ2) is 3.73. The van der Waals surface area contributed by atoms with Crippen molar-refractivity contribution in [3.8, 4) is 0 Å². The SMILES string of the molecule is COC1CCCN(C[C@H]2CO2)C1. The van der Waals surface area contributed by atoms with E-state index < -0.39 is 0 Å². The minimum Gasteiger partial charge on any atom is -0.380 e. The molecule has 0 saturated carbocycles. The maximum absolute atomic E-state index is 5.34. The Bertz CT molecular complexity index is 147. The first-order valence-corrected chi connectivity index (χ1v) is 4.75. The van der Waals surface area contributed by atoms with Crippen molar-refractivity contribution >= 4 is 0 Å². The molecule has 0 radical (unpaired) electrons. The van der Waals surface area contributed by atoms with E-state index in [4.69, 9.17) is 9.47 Å². The fourth-order valence-corrected chi connectivity index (χ4v) is 1.83. The number of rotatable bonds is 3. The first-order chi connectivity index (χ1) is 5.88. The molecule has 0 aromatic rings. The monoisotopic (exact) mass is 171 g/mol. The zero-order chi connectivity index (χ0) is 8.39. The summed E-state index contributed by atoms with van der Waals surface area (Å²) >= 11 is 0. The minimum atomic E-state index is 0.456. The van der Waals surface area contributed by atoms with Gasteiger partial charge in [0.05, 0.1) is 18.8 Å². The largest absolute Gasteiger partial charge is 0.380 e. The molecular formula is C9H17NO2. The van der Waals surface area contributed by atoms with Crippen LogP contribution in [0.2, 0.25) is 0 Å². The van der Waals surface area contributed by atoms with Crippen molar-refractivity contribution in [2.45, 2.75) is 25.0 Å². The molecule has 0 bridgehead atoms. The third kappa shape index (κ3) is 2.19. The predicted octanol–water partition coefficient (Wildman–Crippen LogP) is 0.496. The first kappa shape index (κ1) is 8.48. The Labute approximate surface area is 73.6 Å². The third-order valence-corrected chi connectivity index (χ3v) is 2.66. The summed E-state index contributed by atoms with van der Waals surface area (Å²) in [5.41, 5.74) is 0. The number of piperidine rings is 1. The number of epoxide rings is 1. The molecule has 0 spiro atoms. The number of nitrogens with zero attached hydrogens (tertiary/aromatic N) is 1. The number of ether oxygens (including phenoxy) is 2. The summed E-state index contributed by atoms with van der Waals surface area (Å²) in [4.78, 5) is 2.45. The van der Waals surface area contributed by atoms with Crippen molar-refractivity contribution in [3.63, 3.8) is 0 Å². The summed E-state index contributed by atoms with van der Waals surface area (Å²) in [7, 11) is 1.81. The number of hydrogen-bond donors (Lipinski definition) is 0. The lowest BCUT2D eigenvalue weighted by atomic mass is 10.1. The van der Waals surface area contributed by atoms with E-state index in [-0.39, 0.29) is 0 Å². The van der Waals surface area contributed by atoms with Crippen LogP contribution in [0.25, 0.3) is 0 Å². The second-order valence-corrected chi connectivity index (χ2v) is 3.71. The van der Waals surface area contributed by atoms with E-state index in [1.165, 1.54) is 19.4 Å². The summed E-state index contributed by atoms with van der Waals surface area (Å²) in [5.74, 6) is 0. The molecule has 3 heteroatoms. The molecule has 2 saturated heterocycles. The normalized spacial score (nSPS) is 36.8. The van der Waals surface area contributed by atoms with Crippen LogP contribution >= 0.6 is 0 Å². The van der Waals surface area contributed by atoms with Crippen LogP contribution in [-0.4, -0.2) is 50.5 Å². The van der Waals surface area contributed by atoms with Gasteiger partial charge in [0.25, 0.3) is 0 Å². The molecule has 2 atom stereocenters.